The molecule has 2 heteroatoms. The molecule has 0 spiro atoms. The fraction of sp³-hybridized carbons (Fsp3) is 0.857. The van der Waals surface area contributed by atoms with Crippen LogP contribution in [0, 0.1) is 11.8 Å². The molecule has 2 nitrogen and oxygen atoms in total. The van der Waals surface area contributed by atoms with Crippen molar-refractivity contribution in [2.75, 3.05) is 0 Å². The van der Waals surface area contributed by atoms with Gasteiger partial charge in [0.1, 0.15) is 0 Å². The van der Waals surface area contributed by atoms with Crippen LogP contribution in [0.3, 0.4) is 0 Å². The van der Waals surface area contributed by atoms with Crippen LogP contribution >= 0.6 is 0 Å². The molecular formula is C7H11NO. The average molecular weight is 125 g/mol. The van der Waals surface area contributed by atoms with E-state index in [0.29, 0.717) is 5.92 Å². The van der Waals surface area contributed by atoms with Crippen LogP contribution in [0.2, 0.25) is 0 Å². The predicted octanol–water partition coefficient (Wildman–Crippen LogP) is 1.64. The zero-order valence-electron chi connectivity index (χ0n) is 5.38. The van der Waals surface area contributed by atoms with Crippen molar-refractivity contribution in [3.63, 3.8) is 0 Å². The van der Waals surface area contributed by atoms with Gasteiger partial charge in [0.15, 0.2) is 0 Å². The SMILES string of the molecule is ON=C1CCCC2CC12. The number of fused-ring (bicyclic) bond motifs is 1. The van der Waals surface area contributed by atoms with Gasteiger partial charge in [-0.3, -0.25) is 0 Å². The second-order valence-corrected chi connectivity index (χ2v) is 3.09. The van der Waals surface area contributed by atoms with Gasteiger partial charge in [0, 0.05) is 5.92 Å². The Balaban J connectivity index is 2.09. The normalized spacial score (nSPS) is 44.7. The quantitative estimate of drug-likeness (QED) is 0.387. The van der Waals surface area contributed by atoms with Crippen molar-refractivity contribution in [3.05, 3.63) is 0 Å². The fourth-order valence-corrected chi connectivity index (χ4v) is 1.83. The molecule has 0 saturated heterocycles. The highest BCUT2D eigenvalue weighted by molar-refractivity contribution is 5.89. The molecule has 0 heterocycles. The minimum atomic E-state index is 0.684. The molecule has 0 amide bonds. The van der Waals surface area contributed by atoms with E-state index in [1.807, 2.05) is 0 Å². The van der Waals surface area contributed by atoms with Crippen LogP contribution < -0.4 is 0 Å². The maximum Gasteiger partial charge on any atom is 0.0604 e. The van der Waals surface area contributed by atoms with Gasteiger partial charge >= 0.3 is 0 Å². The van der Waals surface area contributed by atoms with Gasteiger partial charge in [0.25, 0.3) is 0 Å². The van der Waals surface area contributed by atoms with Crippen molar-refractivity contribution in [3.8, 4) is 0 Å². The number of nitrogens with zero attached hydrogens (tertiary/aromatic N) is 1. The van der Waals surface area contributed by atoms with Crippen molar-refractivity contribution >= 4 is 5.71 Å². The first-order chi connectivity index (χ1) is 4.42. The number of rotatable bonds is 0. The summed E-state index contributed by atoms with van der Waals surface area (Å²) in [6.07, 6.45) is 4.93. The van der Waals surface area contributed by atoms with Crippen LogP contribution in [0.5, 0.6) is 0 Å². The van der Waals surface area contributed by atoms with Gasteiger partial charge in [0.05, 0.1) is 5.71 Å². The highest BCUT2D eigenvalue weighted by atomic mass is 16.4. The fourth-order valence-electron chi connectivity index (χ4n) is 1.83. The summed E-state index contributed by atoms with van der Waals surface area (Å²) in [6, 6.07) is 0. The van der Waals surface area contributed by atoms with Crippen LogP contribution in [0.1, 0.15) is 25.7 Å². The molecule has 9 heavy (non-hydrogen) atoms. The van der Waals surface area contributed by atoms with Crippen molar-refractivity contribution in [2.24, 2.45) is 17.0 Å². The molecule has 2 aliphatic carbocycles. The molecular weight excluding hydrogens is 114 g/mol. The lowest BCUT2D eigenvalue weighted by atomic mass is 9.99. The van der Waals surface area contributed by atoms with Gasteiger partial charge < -0.3 is 5.21 Å². The lowest BCUT2D eigenvalue weighted by molar-refractivity contribution is 0.313. The Hall–Kier alpha value is -0.530. The predicted molar refractivity (Wildman–Crippen MR) is 34.7 cm³/mol. The van der Waals surface area contributed by atoms with Crippen LogP contribution in [-0.4, -0.2) is 10.9 Å². The van der Waals surface area contributed by atoms with Crippen LogP contribution in [0.25, 0.3) is 0 Å². The van der Waals surface area contributed by atoms with E-state index < -0.39 is 0 Å². The number of hydrogen-bond donors (Lipinski definition) is 1. The largest absolute Gasteiger partial charge is 0.411 e. The third-order valence-electron chi connectivity index (χ3n) is 2.49. The Labute approximate surface area is 54.6 Å². The van der Waals surface area contributed by atoms with Crippen LogP contribution in [0.4, 0.5) is 0 Å². The maximum atomic E-state index is 8.48. The van der Waals surface area contributed by atoms with Crippen molar-refractivity contribution in [1.82, 2.24) is 0 Å². The van der Waals surface area contributed by atoms with Crippen molar-refractivity contribution in [2.45, 2.75) is 25.7 Å². The van der Waals surface area contributed by atoms with Crippen LogP contribution in [0.15, 0.2) is 5.16 Å². The molecule has 2 rings (SSSR count). The van der Waals surface area contributed by atoms with E-state index in [4.69, 9.17) is 5.21 Å². The molecule has 1 N–H and O–H groups in total. The van der Waals surface area contributed by atoms with Gasteiger partial charge in [-0.15, -0.1) is 0 Å². The Kier molecular flexibility index (Phi) is 1.01. The zero-order chi connectivity index (χ0) is 6.27. The molecule has 2 atom stereocenters. The first-order valence-electron chi connectivity index (χ1n) is 3.62. The average Bonchev–Trinajstić information content (AvgIpc) is 2.64. The third-order valence-corrected chi connectivity index (χ3v) is 2.49. The monoisotopic (exact) mass is 125 g/mol. The van der Waals surface area contributed by atoms with Gasteiger partial charge in [-0.1, -0.05) is 5.16 Å². The molecule has 50 valence electrons. The smallest absolute Gasteiger partial charge is 0.0604 e. The third kappa shape index (κ3) is 0.732. The number of oxime groups is 1. The molecule has 2 fully saturated rings. The summed E-state index contributed by atoms with van der Waals surface area (Å²) in [5.41, 5.74) is 1.06. The van der Waals surface area contributed by atoms with E-state index in [-0.39, 0.29) is 0 Å². The second kappa shape index (κ2) is 1.72. The van der Waals surface area contributed by atoms with E-state index >= 15 is 0 Å². The first kappa shape index (κ1) is 5.27. The van der Waals surface area contributed by atoms with E-state index in [1.54, 1.807) is 0 Å². The molecule has 0 bridgehead atoms. The second-order valence-electron chi connectivity index (χ2n) is 3.09. The molecule has 2 aliphatic rings. The topological polar surface area (TPSA) is 32.6 Å². The summed E-state index contributed by atoms with van der Waals surface area (Å²) in [5, 5.41) is 11.8. The Morgan fingerprint density at radius 3 is 3.11 bits per heavy atom. The standard InChI is InChI=1S/C7H11NO/c9-8-7-3-1-2-5-4-6(5)7/h5-6,9H,1-4H2. The van der Waals surface area contributed by atoms with E-state index in [0.717, 1.165) is 18.1 Å². The van der Waals surface area contributed by atoms with Crippen molar-refractivity contribution < 1.29 is 5.21 Å². The molecule has 2 unspecified atom stereocenters. The summed E-state index contributed by atoms with van der Waals surface area (Å²) in [5.74, 6) is 1.58. The molecule has 0 aromatic rings. The Bertz CT molecular complexity index is 153. The summed E-state index contributed by atoms with van der Waals surface area (Å²) in [6.45, 7) is 0. The summed E-state index contributed by atoms with van der Waals surface area (Å²) >= 11 is 0. The Morgan fingerprint density at radius 2 is 2.44 bits per heavy atom. The highest BCUT2D eigenvalue weighted by Gasteiger charge is 2.43. The lowest BCUT2D eigenvalue weighted by Crippen LogP contribution is -2.08. The van der Waals surface area contributed by atoms with E-state index in [1.165, 1.54) is 19.3 Å². The molecule has 0 radical (unpaired) electrons. The summed E-state index contributed by atoms with van der Waals surface area (Å²) in [4.78, 5) is 0. The van der Waals surface area contributed by atoms with Gasteiger partial charge in [0.2, 0.25) is 0 Å². The minimum Gasteiger partial charge on any atom is -0.411 e. The van der Waals surface area contributed by atoms with Gasteiger partial charge in [-0.05, 0) is 31.6 Å². The van der Waals surface area contributed by atoms with E-state index in [9.17, 15) is 0 Å². The summed E-state index contributed by atoms with van der Waals surface area (Å²) in [7, 11) is 0. The number of hydrogen-bond acceptors (Lipinski definition) is 2. The highest BCUT2D eigenvalue weighted by Crippen LogP contribution is 2.47. The molecule has 0 aromatic carbocycles. The molecule has 0 aliphatic heterocycles. The van der Waals surface area contributed by atoms with Crippen LogP contribution in [-0.2, 0) is 0 Å². The Morgan fingerprint density at radius 1 is 1.56 bits per heavy atom. The zero-order valence-corrected chi connectivity index (χ0v) is 5.38. The lowest BCUT2D eigenvalue weighted by Gasteiger charge is -2.08. The maximum absolute atomic E-state index is 8.48. The molecule has 2 saturated carbocycles. The first-order valence-corrected chi connectivity index (χ1v) is 3.62. The van der Waals surface area contributed by atoms with Crippen molar-refractivity contribution in [1.29, 1.82) is 0 Å². The van der Waals surface area contributed by atoms with Gasteiger partial charge in [-0.25, -0.2) is 0 Å². The molecule has 0 aromatic heterocycles. The van der Waals surface area contributed by atoms with E-state index in [2.05, 4.69) is 5.16 Å². The van der Waals surface area contributed by atoms with Gasteiger partial charge in [-0.2, -0.15) is 0 Å². The summed E-state index contributed by atoms with van der Waals surface area (Å²) < 4.78 is 0. The minimum absolute atomic E-state index is 0.684.